The smallest absolute Gasteiger partial charge is 0.262 e. The van der Waals surface area contributed by atoms with Crippen molar-refractivity contribution < 1.29 is 4.74 Å². The molecule has 1 saturated heterocycles. The van der Waals surface area contributed by atoms with Crippen LogP contribution >= 0.6 is 0 Å². The Hall–Kier alpha value is -2.55. The molecule has 0 spiro atoms. The molecule has 1 N–H and O–H groups in total. The second-order valence-electron chi connectivity index (χ2n) is 7.67. The summed E-state index contributed by atoms with van der Waals surface area (Å²) < 4.78 is 7.26. The van der Waals surface area contributed by atoms with Crippen molar-refractivity contribution in [2.75, 3.05) is 39.4 Å². The standard InChI is InChI=1S/C22H30N6O2/c1-3-17-15-26(10-11-27(17)12-13-30-4-2)16-20-24-21-19(22(29)25-20)14-23-28(21)18-8-6-5-7-9-18/h5-9,14,17H,3-4,10-13,15-16H2,1-2H3,(H,24,25,29). The van der Waals surface area contributed by atoms with Gasteiger partial charge < -0.3 is 9.72 Å². The van der Waals surface area contributed by atoms with E-state index < -0.39 is 0 Å². The molecule has 30 heavy (non-hydrogen) atoms. The van der Waals surface area contributed by atoms with Crippen LogP contribution in [0.25, 0.3) is 16.7 Å². The first-order valence-corrected chi connectivity index (χ1v) is 10.8. The summed E-state index contributed by atoms with van der Waals surface area (Å²) in [6.45, 7) is 10.3. The van der Waals surface area contributed by atoms with E-state index in [1.807, 2.05) is 37.3 Å². The average Bonchev–Trinajstić information content (AvgIpc) is 3.20. The van der Waals surface area contributed by atoms with Crippen LogP contribution in [0.2, 0.25) is 0 Å². The first-order valence-electron chi connectivity index (χ1n) is 10.8. The Balaban J connectivity index is 1.51. The largest absolute Gasteiger partial charge is 0.380 e. The van der Waals surface area contributed by atoms with E-state index in [-0.39, 0.29) is 5.56 Å². The SMILES string of the molecule is CCOCCN1CCN(Cc2nc3c(cnn3-c3ccccc3)c(=O)[nH]2)CC1CC. The third-order valence-electron chi connectivity index (χ3n) is 5.75. The number of hydrogen-bond donors (Lipinski definition) is 1. The van der Waals surface area contributed by atoms with Gasteiger partial charge in [-0.15, -0.1) is 0 Å². The Morgan fingerprint density at radius 1 is 1.20 bits per heavy atom. The molecule has 0 bridgehead atoms. The zero-order chi connectivity index (χ0) is 20.9. The van der Waals surface area contributed by atoms with Crippen molar-refractivity contribution in [1.82, 2.24) is 29.5 Å². The van der Waals surface area contributed by atoms with Crippen LogP contribution in [0.1, 0.15) is 26.1 Å². The summed E-state index contributed by atoms with van der Waals surface area (Å²) in [6, 6.07) is 10.3. The fourth-order valence-electron chi connectivity index (χ4n) is 4.12. The summed E-state index contributed by atoms with van der Waals surface area (Å²) in [5, 5.41) is 4.90. The number of rotatable bonds is 8. The van der Waals surface area contributed by atoms with Gasteiger partial charge in [0.25, 0.3) is 5.56 Å². The molecule has 160 valence electrons. The Morgan fingerprint density at radius 3 is 2.80 bits per heavy atom. The van der Waals surface area contributed by atoms with E-state index in [0.29, 0.717) is 29.4 Å². The van der Waals surface area contributed by atoms with Crippen LogP contribution in [-0.4, -0.2) is 75.0 Å². The van der Waals surface area contributed by atoms with Crippen LogP contribution in [0.5, 0.6) is 0 Å². The van der Waals surface area contributed by atoms with Gasteiger partial charge in [0.05, 0.1) is 25.0 Å². The highest BCUT2D eigenvalue weighted by molar-refractivity contribution is 5.75. The highest BCUT2D eigenvalue weighted by atomic mass is 16.5. The third-order valence-corrected chi connectivity index (χ3v) is 5.75. The molecule has 4 rings (SSSR count). The zero-order valence-electron chi connectivity index (χ0n) is 17.8. The summed E-state index contributed by atoms with van der Waals surface area (Å²) in [5.41, 5.74) is 1.35. The van der Waals surface area contributed by atoms with Crippen LogP contribution in [0.4, 0.5) is 0 Å². The normalized spacial score (nSPS) is 18.3. The molecule has 8 heteroatoms. The van der Waals surface area contributed by atoms with Crippen molar-refractivity contribution in [3.05, 3.63) is 52.7 Å². The van der Waals surface area contributed by atoms with Gasteiger partial charge in [0.1, 0.15) is 11.2 Å². The molecule has 0 radical (unpaired) electrons. The summed E-state index contributed by atoms with van der Waals surface area (Å²) >= 11 is 0. The van der Waals surface area contributed by atoms with Crippen molar-refractivity contribution in [2.24, 2.45) is 0 Å². The second-order valence-corrected chi connectivity index (χ2v) is 7.67. The maximum absolute atomic E-state index is 12.6. The highest BCUT2D eigenvalue weighted by Crippen LogP contribution is 2.16. The van der Waals surface area contributed by atoms with E-state index >= 15 is 0 Å². The molecule has 0 amide bonds. The van der Waals surface area contributed by atoms with E-state index in [9.17, 15) is 4.79 Å². The lowest BCUT2D eigenvalue weighted by molar-refractivity contribution is 0.0376. The number of aromatic nitrogens is 4. The third kappa shape index (κ3) is 4.45. The van der Waals surface area contributed by atoms with Gasteiger partial charge in [-0.05, 0) is 25.5 Å². The minimum absolute atomic E-state index is 0.139. The monoisotopic (exact) mass is 410 g/mol. The van der Waals surface area contributed by atoms with E-state index in [2.05, 4.69) is 26.8 Å². The molecule has 2 aromatic heterocycles. The number of aromatic amines is 1. The van der Waals surface area contributed by atoms with Crippen LogP contribution in [0.3, 0.4) is 0 Å². The number of piperazine rings is 1. The van der Waals surface area contributed by atoms with Gasteiger partial charge >= 0.3 is 0 Å². The molecule has 1 unspecified atom stereocenters. The predicted molar refractivity (Wildman–Crippen MR) is 117 cm³/mol. The van der Waals surface area contributed by atoms with E-state index in [0.717, 1.165) is 51.5 Å². The van der Waals surface area contributed by atoms with E-state index in [4.69, 9.17) is 9.72 Å². The number of benzene rings is 1. The van der Waals surface area contributed by atoms with E-state index in [1.165, 1.54) is 0 Å². The van der Waals surface area contributed by atoms with Crippen molar-refractivity contribution in [1.29, 1.82) is 0 Å². The van der Waals surface area contributed by atoms with Gasteiger partial charge in [0.2, 0.25) is 0 Å². The lowest BCUT2D eigenvalue weighted by Gasteiger charge is -2.41. The lowest BCUT2D eigenvalue weighted by atomic mass is 10.1. The number of nitrogens with zero attached hydrogens (tertiary/aromatic N) is 5. The number of nitrogens with one attached hydrogen (secondary N) is 1. The van der Waals surface area contributed by atoms with Gasteiger partial charge in [0, 0.05) is 38.8 Å². The van der Waals surface area contributed by atoms with E-state index in [1.54, 1.807) is 10.9 Å². The quantitative estimate of drug-likeness (QED) is 0.573. The van der Waals surface area contributed by atoms with Crippen LogP contribution in [-0.2, 0) is 11.3 Å². The van der Waals surface area contributed by atoms with Gasteiger partial charge in [-0.2, -0.15) is 5.10 Å². The fourth-order valence-corrected chi connectivity index (χ4v) is 4.12. The summed E-state index contributed by atoms with van der Waals surface area (Å²) in [7, 11) is 0. The summed E-state index contributed by atoms with van der Waals surface area (Å²) in [4.78, 5) is 25.2. The maximum atomic E-state index is 12.6. The highest BCUT2D eigenvalue weighted by Gasteiger charge is 2.26. The lowest BCUT2D eigenvalue weighted by Crippen LogP contribution is -2.53. The van der Waals surface area contributed by atoms with Gasteiger partial charge in [0.15, 0.2) is 5.65 Å². The molecular weight excluding hydrogens is 380 g/mol. The number of H-pyrrole nitrogens is 1. The van der Waals surface area contributed by atoms with Gasteiger partial charge in [-0.3, -0.25) is 14.6 Å². The van der Waals surface area contributed by atoms with Crippen LogP contribution in [0.15, 0.2) is 41.3 Å². The molecule has 0 aliphatic carbocycles. The minimum atomic E-state index is -0.139. The van der Waals surface area contributed by atoms with Crippen molar-refractivity contribution in [3.8, 4) is 5.69 Å². The summed E-state index contributed by atoms with van der Waals surface area (Å²) in [5.74, 6) is 0.683. The summed E-state index contributed by atoms with van der Waals surface area (Å²) in [6.07, 6.45) is 2.68. The van der Waals surface area contributed by atoms with Crippen LogP contribution < -0.4 is 5.56 Å². The minimum Gasteiger partial charge on any atom is -0.380 e. The zero-order valence-corrected chi connectivity index (χ0v) is 17.8. The molecular formula is C22H30N6O2. The number of para-hydroxylation sites is 1. The topological polar surface area (TPSA) is 79.3 Å². The number of ether oxygens (including phenoxy) is 1. The molecule has 1 aliphatic heterocycles. The van der Waals surface area contributed by atoms with Crippen molar-refractivity contribution in [3.63, 3.8) is 0 Å². The average molecular weight is 411 g/mol. The molecule has 3 aromatic rings. The molecule has 1 aliphatic rings. The first kappa shape index (κ1) is 20.7. The van der Waals surface area contributed by atoms with Gasteiger partial charge in [-0.25, -0.2) is 9.67 Å². The van der Waals surface area contributed by atoms with Crippen molar-refractivity contribution in [2.45, 2.75) is 32.9 Å². The molecule has 0 saturated carbocycles. The fraction of sp³-hybridized carbons (Fsp3) is 0.500. The molecule has 1 atom stereocenters. The van der Waals surface area contributed by atoms with Crippen LogP contribution in [0, 0.1) is 0 Å². The Morgan fingerprint density at radius 2 is 2.03 bits per heavy atom. The Kier molecular flexibility index (Phi) is 6.56. The second kappa shape index (κ2) is 9.51. The molecule has 3 heterocycles. The maximum Gasteiger partial charge on any atom is 0.262 e. The Bertz CT molecular complexity index is 1020. The van der Waals surface area contributed by atoms with Gasteiger partial charge in [-0.1, -0.05) is 25.1 Å². The molecule has 8 nitrogen and oxygen atoms in total. The first-order chi connectivity index (χ1) is 14.7. The molecule has 1 fully saturated rings. The number of hydrogen-bond acceptors (Lipinski definition) is 6. The predicted octanol–water partition coefficient (Wildman–Crippen LogP) is 2.04. The molecule has 1 aromatic carbocycles. The van der Waals surface area contributed by atoms with Crippen molar-refractivity contribution >= 4 is 11.0 Å². The number of fused-ring (bicyclic) bond motifs is 1. The Labute approximate surface area is 176 Å².